The summed E-state index contributed by atoms with van der Waals surface area (Å²) >= 11 is 0. The number of rotatable bonds is 7. The van der Waals surface area contributed by atoms with Gasteiger partial charge in [0.25, 0.3) is 0 Å². The van der Waals surface area contributed by atoms with E-state index in [2.05, 4.69) is 0 Å². The van der Waals surface area contributed by atoms with Crippen molar-refractivity contribution in [3.63, 3.8) is 0 Å². The molecule has 0 amide bonds. The van der Waals surface area contributed by atoms with Gasteiger partial charge in [-0.15, -0.1) is 0 Å². The number of Topliss-reactive ketones (excluding diaryl/α,β-unsaturated/α-hetero) is 1. The second-order valence-electron chi connectivity index (χ2n) is 6.70. The molecule has 0 fully saturated rings. The van der Waals surface area contributed by atoms with E-state index < -0.39 is 12.1 Å². The fraction of sp³-hybridized carbons (Fsp3) is 0.304. The first-order valence-electron chi connectivity index (χ1n) is 9.29. The smallest absolute Gasteiger partial charge is 0.331 e. The summed E-state index contributed by atoms with van der Waals surface area (Å²) in [6, 6.07) is 11.1. The molecule has 0 spiro atoms. The van der Waals surface area contributed by atoms with Crippen molar-refractivity contribution in [3.8, 4) is 11.5 Å². The number of para-hydroxylation sites is 1. The van der Waals surface area contributed by atoms with Crippen molar-refractivity contribution in [2.75, 3.05) is 14.2 Å². The number of methoxy groups -OCH3 is 2. The lowest BCUT2D eigenvalue weighted by molar-refractivity contribution is -0.140. The van der Waals surface area contributed by atoms with Gasteiger partial charge in [-0.05, 0) is 55.5 Å². The molecule has 0 heterocycles. The van der Waals surface area contributed by atoms with Crippen LogP contribution in [0, 0.1) is 0 Å². The predicted molar refractivity (Wildman–Crippen MR) is 107 cm³/mol. The first-order chi connectivity index (χ1) is 13.5. The average Bonchev–Trinajstić information content (AvgIpc) is 3.18. The Morgan fingerprint density at radius 1 is 1.04 bits per heavy atom. The highest BCUT2D eigenvalue weighted by Crippen LogP contribution is 2.31. The molecule has 0 unspecified atom stereocenters. The Labute approximate surface area is 164 Å². The number of hydrogen-bond donors (Lipinski definition) is 0. The Hall–Kier alpha value is -3.08. The highest BCUT2D eigenvalue weighted by atomic mass is 16.5. The number of ketones is 1. The topological polar surface area (TPSA) is 61.8 Å². The van der Waals surface area contributed by atoms with Crippen LogP contribution in [0.4, 0.5) is 0 Å². The van der Waals surface area contributed by atoms with Gasteiger partial charge in [0.15, 0.2) is 17.6 Å². The normalized spacial score (nSPS) is 13.8. The van der Waals surface area contributed by atoms with Gasteiger partial charge in [0.2, 0.25) is 5.78 Å². The van der Waals surface area contributed by atoms with Gasteiger partial charge < -0.3 is 14.2 Å². The summed E-state index contributed by atoms with van der Waals surface area (Å²) in [6.07, 6.45) is 5.18. The highest BCUT2D eigenvalue weighted by Gasteiger charge is 2.21. The summed E-state index contributed by atoms with van der Waals surface area (Å²) in [6.45, 7) is 1.59. The van der Waals surface area contributed by atoms with E-state index in [-0.39, 0.29) is 5.78 Å². The number of carbonyl (C=O) groups is 2. The molecule has 2 aromatic rings. The molecule has 1 atom stereocenters. The highest BCUT2D eigenvalue weighted by molar-refractivity contribution is 6.01. The number of esters is 1. The van der Waals surface area contributed by atoms with Crippen LogP contribution in [0.3, 0.4) is 0 Å². The van der Waals surface area contributed by atoms with E-state index in [1.807, 2.05) is 18.2 Å². The second-order valence-corrected chi connectivity index (χ2v) is 6.70. The Kier molecular flexibility index (Phi) is 6.14. The van der Waals surface area contributed by atoms with E-state index in [0.29, 0.717) is 22.6 Å². The molecule has 2 aromatic carbocycles. The zero-order chi connectivity index (χ0) is 20.1. The lowest BCUT2D eigenvalue weighted by atomic mass is 10.0. The van der Waals surface area contributed by atoms with Crippen LogP contribution in [0.2, 0.25) is 0 Å². The van der Waals surface area contributed by atoms with E-state index >= 15 is 0 Å². The Morgan fingerprint density at radius 3 is 2.57 bits per heavy atom. The zero-order valence-electron chi connectivity index (χ0n) is 16.4. The minimum absolute atomic E-state index is 0.199. The van der Waals surface area contributed by atoms with Crippen molar-refractivity contribution < 1.29 is 23.8 Å². The van der Waals surface area contributed by atoms with E-state index in [9.17, 15) is 9.59 Å². The molecule has 0 radical (unpaired) electrons. The lowest BCUT2D eigenvalue weighted by Crippen LogP contribution is -2.23. The predicted octanol–water partition coefficient (Wildman–Crippen LogP) is 4.02. The molecule has 1 aliphatic rings. The maximum Gasteiger partial charge on any atom is 0.331 e. The van der Waals surface area contributed by atoms with Crippen LogP contribution in [0.15, 0.2) is 42.5 Å². The molecule has 146 valence electrons. The van der Waals surface area contributed by atoms with Gasteiger partial charge in [-0.25, -0.2) is 4.79 Å². The van der Waals surface area contributed by atoms with Gasteiger partial charge in [0.1, 0.15) is 0 Å². The summed E-state index contributed by atoms with van der Waals surface area (Å²) in [7, 11) is 3.08. The van der Waals surface area contributed by atoms with Crippen molar-refractivity contribution in [1.29, 1.82) is 0 Å². The van der Waals surface area contributed by atoms with Gasteiger partial charge in [0, 0.05) is 17.2 Å². The molecule has 5 nitrogen and oxygen atoms in total. The molecule has 0 saturated carbocycles. The van der Waals surface area contributed by atoms with E-state index in [1.165, 1.54) is 24.3 Å². The summed E-state index contributed by atoms with van der Waals surface area (Å²) < 4.78 is 15.9. The Bertz CT molecular complexity index is 913. The molecule has 0 aliphatic heterocycles. The Morgan fingerprint density at radius 2 is 1.82 bits per heavy atom. The van der Waals surface area contributed by atoms with Gasteiger partial charge in [-0.1, -0.05) is 24.3 Å². The average molecular weight is 380 g/mol. The molecular weight excluding hydrogens is 356 g/mol. The largest absolute Gasteiger partial charge is 0.493 e. The summed E-state index contributed by atoms with van der Waals surface area (Å²) in [5, 5.41) is 0. The van der Waals surface area contributed by atoms with Gasteiger partial charge in [-0.3, -0.25) is 4.79 Å². The van der Waals surface area contributed by atoms with Crippen LogP contribution in [0.5, 0.6) is 11.5 Å². The first-order valence-corrected chi connectivity index (χ1v) is 9.29. The lowest BCUT2D eigenvalue weighted by Gasteiger charge is -2.12. The zero-order valence-corrected chi connectivity index (χ0v) is 16.4. The third-order valence-corrected chi connectivity index (χ3v) is 4.88. The minimum atomic E-state index is -0.858. The molecule has 0 saturated heterocycles. The Balaban J connectivity index is 1.66. The van der Waals surface area contributed by atoms with Crippen molar-refractivity contribution >= 4 is 17.8 Å². The third-order valence-electron chi connectivity index (χ3n) is 4.88. The number of aryl methyl sites for hydroxylation is 2. The molecule has 1 aliphatic carbocycles. The molecular formula is C23H24O5. The standard InChI is InChI=1S/C23H24O5/c1-15(22(25)19-11-10-16-6-4-8-18(16)14-19)28-21(24)13-12-17-7-5-9-20(26-2)23(17)27-3/h5,7,9-15H,4,6,8H2,1-3H3/b13-12+/t15-/m1/s1. The number of benzene rings is 2. The first kappa shape index (κ1) is 19.7. The van der Waals surface area contributed by atoms with Crippen LogP contribution < -0.4 is 9.47 Å². The maximum atomic E-state index is 12.6. The maximum absolute atomic E-state index is 12.6. The quantitative estimate of drug-likeness (QED) is 0.412. The molecule has 3 rings (SSSR count). The number of ether oxygens (including phenoxy) is 3. The molecule has 28 heavy (non-hydrogen) atoms. The molecule has 0 N–H and O–H groups in total. The van der Waals surface area contributed by atoms with Gasteiger partial charge in [-0.2, -0.15) is 0 Å². The SMILES string of the molecule is COc1cccc(/C=C/C(=O)O[C@H](C)C(=O)c2ccc3c(c2)CCC3)c1OC. The van der Waals surface area contributed by atoms with Crippen LogP contribution in [0.25, 0.3) is 6.08 Å². The molecule has 0 bridgehead atoms. The van der Waals surface area contributed by atoms with E-state index in [1.54, 1.807) is 38.3 Å². The summed E-state index contributed by atoms with van der Waals surface area (Å²) in [4.78, 5) is 24.8. The summed E-state index contributed by atoms with van der Waals surface area (Å²) in [5.41, 5.74) is 3.78. The van der Waals surface area contributed by atoms with Crippen molar-refractivity contribution in [1.82, 2.24) is 0 Å². The molecule has 0 aromatic heterocycles. The van der Waals surface area contributed by atoms with E-state index in [0.717, 1.165) is 19.3 Å². The minimum Gasteiger partial charge on any atom is -0.493 e. The van der Waals surface area contributed by atoms with Crippen LogP contribution in [-0.4, -0.2) is 32.1 Å². The molecule has 5 heteroatoms. The van der Waals surface area contributed by atoms with Gasteiger partial charge in [0.05, 0.1) is 14.2 Å². The second kappa shape index (κ2) is 8.74. The number of fused-ring (bicyclic) bond motifs is 1. The van der Waals surface area contributed by atoms with Crippen molar-refractivity contribution in [3.05, 3.63) is 64.7 Å². The van der Waals surface area contributed by atoms with Gasteiger partial charge >= 0.3 is 5.97 Å². The van der Waals surface area contributed by atoms with Crippen LogP contribution >= 0.6 is 0 Å². The monoisotopic (exact) mass is 380 g/mol. The van der Waals surface area contributed by atoms with Crippen LogP contribution in [-0.2, 0) is 22.4 Å². The fourth-order valence-electron chi connectivity index (χ4n) is 3.43. The summed E-state index contributed by atoms with van der Waals surface area (Å²) in [5.74, 6) is 0.303. The fourth-order valence-corrected chi connectivity index (χ4v) is 3.43. The number of hydrogen-bond acceptors (Lipinski definition) is 5. The van der Waals surface area contributed by atoms with Crippen LogP contribution in [0.1, 0.15) is 40.4 Å². The van der Waals surface area contributed by atoms with Crippen molar-refractivity contribution in [2.45, 2.75) is 32.3 Å². The number of carbonyl (C=O) groups excluding carboxylic acids is 2. The van der Waals surface area contributed by atoms with Crippen molar-refractivity contribution in [2.24, 2.45) is 0 Å². The third kappa shape index (κ3) is 4.25. The van der Waals surface area contributed by atoms with E-state index in [4.69, 9.17) is 14.2 Å².